The van der Waals surface area contributed by atoms with E-state index in [2.05, 4.69) is 10.4 Å². The average molecular weight is 409 g/mol. The minimum atomic E-state index is -0.358. The van der Waals surface area contributed by atoms with E-state index in [4.69, 9.17) is 11.6 Å². The highest BCUT2D eigenvalue weighted by Crippen LogP contribution is 2.23. The summed E-state index contributed by atoms with van der Waals surface area (Å²) in [5.41, 5.74) is 3.78. The molecule has 6 nitrogen and oxygen atoms in total. The molecular weight excluding hydrogens is 388 g/mol. The lowest BCUT2D eigenvalue weighted by atomic mass is 10.2. The Morgan fingerprint density at radius 1 is 1.07 bits per heavy atom. The molecule has 0 aliphatic rings. The van der Waals surface area contributed by atoms with Crippen LogP contribution in [0.4, 0.5) is 5.69 Å². The summed E-state index contributed by atoms with van der Waals surface area (Å²) in [4.78, 5) is 25.6. The normalized spacial score (nSPS) is 11.3. The van der Waals surface area contributed by atoms with E-state index in [0.717, 1.165) is 27.9 Å². The summed E-state index contributed by atoms with van der Waals surface area (Å²) in [5.74, 6) is 0.364. The lowest BCUT2D eigenvalue weighted by molar-refractivity contribution is -0.117. The Morgan fingerprint density at radius 2 is 1.79 bits per heavy atom. The summed E-state index contributed by atoms with van der Waals surface area (Å²) >= 11 is 6.19. The second kappa shape index (κ2) is 7.37. The van der Waals surface area contributed by atoms with Crippen LogP contribution in [0.3, 0.4) is 0 Å². The molecule has 148 valence electrons. The van der Waals surface area contributed by atoms with E-state index in [-0.39, 0.29) is 18.0 Å². The Hall–Kier alpha value is -3.12. The maximum atomic E-state index is 13.0. The van der Waals surface area contributed by atoms with E-state index in [9.17, 15) is 9.59 Å². The number of benzene rings is 2. The third-order valence-electron chi connectivity index (χ3n) is 4.91. The molecule has 4 aromatic rings. The van der Waals surface area contributed by atoms with Crippen molar-refractivity contribution in [2.45, 2.75) is 33.7 Å². The van der Waals surface area contributed by atoms with Crippen molar-refractivity contribution in [2.24, 2.45) is 0 Å². The van der Waals surface area contributed by atoms with E-state index >= 15 is 0 Å². The molecule has 1 N–H and O–H groups in total. The van der Waals surface area contributed by atoms with Crippen LogP contribution in [0.1, 0.15) is 23.9 Å². The van der Waals surface area contributed by atoms with Crippen LogP contribution < -0.4 is 10.9 Å². The Morgan fingerprint density at radius 3 is 2.52 bits per heavy atom. The molecule has 0 bridgehead atoms. The van der Waals surface area contributed by atoms with Crippen LogP contribution in [-0.4, -0.2) is 20.1 Å². The summed E-state index contributed by atoms with van der Waals surface area (Å²) in [7, 11) is 0. The van der Waals surface area contributed by atoms with E-state index in [1.54, 1.807) is 12.1 Å². The molecular formula is C22H21ClN4O2. The van der Waals surface area contributed by atoms with Crippen LogP contribution in [0, 0.1) is 13.8 Å². The molecule has 2 aromatic heterocycles. The molecule has 0 aliphatic carbocycles. The van der Waals surface area contributed by atoms with Gasteiger partial charge in [0.15, 0.2) is 0 Å². The average Bonchev–Trinajstić information content (AvgIpc) is 3.05. The number of rotatable bonds is 4. The van der Waals surface area contributed by atoms with Gasteiger partial charge in [-0.2, -0.15) is 5.10 Å². The Balaban J connectivity index is 1.74. The minimum absolute atomic E-state index is 0.187. The second-order valence-corrected chi connectivity index (χ2v) is 7.60. The number of amides is 1. The smallest absolute Gasteiger partial charge is 0.291 e. The molecule has 7 heteroatoms. The summed E-state index contributed by atoms with van der Waals surface area (Å²) < 4.78 is 3.10. The predicted octanol–water partition coefficient (Wildman–Crippen LogP) is 4.12. The zero-order valence-corrected chi connectivity index (χ0v) is 17.2. The summed E-state index contributed by atoms with van der Waals surface area (Å²) in [6.45, 7) is 5.72. The van der Waals surface area contributed by atoms with Crippen molar-refractivity contribution in [1.29, 1.82) is 0 Å². The fourth-order valence-corrected chi connectivity index (χ4v) is 3.80. The van der Waals surface area contributed by atoms with Crippen LogP contribution >= 0.6 is 11.6 Å². The van der Waals surface area contributed by atoms with Gasteiger partial charge in [-0.25, -0.2) is 4.68 Å². The van der Waals surface area contributed by atoms with E-state index in [1.165, 1.54) is 4.68 Å². The van der Waals surface area contributed by atoms with Crippen LogP contribution in [0.5, 0.6) is 0 Å². The number of hydrogen-bond acceptors (Lipinski definition) is 3. The number of aromatic nitrogens is 3. The van der Waals surface area contributed by atoms with Gasteiger partial charge in [0.05, 0.1) is 16.2 Å². The molecule has 0 saturated carbocycles. The Bertz CT molecular complexity index is 1320. The van der Waals surface area contributed by atoms with Gasteiger partial charge in [0.1, 0.15) is 17.9 Å². The maximum Gasteiger partial charge on any atom is 0.291 e. The maximum absolute atomic E-state index is 13.0. The lowest BCUT2D eigenvalue weighted by Gasteiger charge is -2.11. The number of nitrogens with zero attached hydrogens (tertiary/aromatic N) is 3. The summed E-state index contributed by atoms with van der Waals surface area (Å²) in [6.07, 6.45) is 0.625. The van der Waals surface area contributed by atoms with E-state index in [0.29, 0.717) is 22.6 Å². The first-order valence-electron chi connectivity index (χ1n) is 9.45. The molecule has 0 unspecified atom stereocenters. The summed E-state index contributed by atoms with van der Waals surface area (Å²) in [5, 5.41) is 8.64. The van der Waals surface area contributed by atoms with Gasteiger partial charge in [-0.3, -0.25) is 14.0 Å². The Labute approximate surface area is 172 Å². The monoisotopic (exact) mass is 408 g/mol. The molecule has 0 radical (unpaired) electrons. The van der Waals surface area contributed by atoms with Crippen molar-refractivity contribution in [3.05, 3.63) is 74.8 Å². The SMILES string of the molecule is CCc1nn(CC(=O)Nc2ccc(C)cc2Cl)c(=O)c2cc3cc(C)ccc3n12. The number of fused-ring (bicyclic) bond motifs is 3. The van der Waals surface area contributed by atoms with Crippen molar-refractivity contribution in [3.63, 3.8) is 0 Å². The van der Waals surface area contributed by atoms with Gasteiger partial charge in [0, 0.05) is 11.8 Å². The first-order valence-corrected chi connectivity index (χ1v) is 9.83. The van der Waals surface area contributed by atoms with Crippen LogP contribution in [-0.2, 0) is 17.8 Å². The second-order valence-electron chi connectivity index (χ2n) is 7.19. The molecule has 0 atom stereocenters. The standard InChI is InChI=1S/C22H21ClN4O2/c1-4-20-25-26(12-21(28)24-17-7-5-14(3)10-16(17)23)22(29)19-11-15-9-13(2)6-8-18(15)27(19)20/h5-11H,4,12H2,1-3H3,(H,24,28). The van der Waals surface area contributed by atoms with Crippen molar-refractivity contribution in [1.82, 2.24) is 14.2 Å². The largest absolute Gasteiger partial charge is 0.323 e. The third kappa shape index (κ3) is 3.51. The molecule has 29 heavy (non-hydrogen) atoms. The number of hydrogen-bond donors (Lipinski definition) is 1. The van der Waals surface area contributed by atoms with Crippen LogP contribution in [0.15, 0.2) is 47.3 Å². The number of carbonyl (C=O) groups is 1. The predicted molar refractivity (Wildman–Crippen MR) is 116 cm³/mol. The zero-order chi connectivity index (χ0) is 20.7. The molecule has 4 rings (SSSR count). The quantitative estimate of drug-likeness (QED) is 0.552. The number of anilines is 1. The number of halogens is 1. The summed E-state index contributed by atoms with van der Waals surface area (Å²) in [6, 6.07) is 13.3. The van der Waals surface area contributed by atoms with Gasteiger partial charge >= 0.3 is 0 Å². The van der Waals surface area contributed by atoms with Gasteiger partial charge in [0.25, 0.3) is 5.56 Å². The van der Waals surface area contributed by atoms with Gasteiger partial charge in [0.2, 0.25) is 5.91 Å². The van der Waals surface area contributed by atoms with Crippen LogP contribution in [0.2, 0.25) is 5.02 Å². The number of carbonyl (C=O) groups excluding carboxylic acids is 1. The molecule has 0 aliphatic heterocycles. The van der Waals surface area contributed by atoms with Gasteiger partial charge in [-0.1, -0.05) is 36.2 Å². The Kier molecular flexibility index (Phi) is 4.88. The fraction of sp³-hybridized carbons (Fsp3) is 0.227. The topological polar surface area (TPSA) is 68.4 Å². The lowest BCUT2D eigenvalue weighted by Crippen LogP contribution is -2.32. The van der Waals surface area contributed by atoms with E-state index in [1.807, 2.05) is 55.5 Å². The van der Waals surface area contributed by atoms with Crippen molar-refractivity contribution < 1.29 is 4.79 Å². The minimum Gasteiger partial charge on any atom is -0.323 e. The third-order valence-corrected chi connectivity index (χ3v) is 5.23. The first-order chi connectivity index (χ1) is 13.9. The van der Waals surface area contributed by atoms with Gasteiger partial charge in [-0.05, 0) is 49.7 Å². The first kappa shape index (κ1) is 19.2. The molecule has 0 saturated heterocycles. The molecule has 2 heterocycles. The molecule has 0 spiro atoms. The number of nitrogens with one attached hydrogen (secondary N) is 1. The molecule has 1 amide bonds. The van der Waals surface area contributed by atoms with E-state index < -0.39 is 0 Å². The van der Waals surface area contributed by atoms with Gasteiger partial charge < -0.3 is 5.32 Å². The van der Waals surface area contributed by atoms with Gasteiger partial charge in [-0.15, -0.1) is 0 Å². The number of aryl methyl sites for hydroxylation is 3. The van der Waals surface area contributed by atoms with Crippen molar-refractivity contribution in [3.8, 4) is 0 Å². The zero-order valence-electron chi connectivity index (χ0n) is 16.5. The van der Waals surface area contributed by atoms with Crippen molar-refractivity contribution >= 4 is 39.6 Å². The highest BCUT2D eigenvalue weighted by molar-refractivity contribution is 6.33. The molecule has 0 fully saturated rings. The highest BCUT2D eigenvalue weighted by Gasteiger charge is 2.16. The van der Waals surface area contributed by atoms with Crippen molar-refractivity contribution in [2.75, 3.05) is 5.32 Å². The molecule has 2 aromatic carbocycles. The van der Waals surface area contributed by atoms with Crippen LogP contribution in [0.25, 0.3) is 16.4 Å². The fourth-order valence-electron chi connectivity index (χ4n) is 3.52. The highest BCUT2D eigenvalue weighted by atomic mass is 35.5.